The molecule has 2 aromatic carbocycles. The minimum atomic E-state index is 0.0378. The number of amides is 1. The number of rotatable bonds is 8. The Bertz CT molecular complexity index is 758. The molecule has 1 amide bonds. The molecule has 2 atom stereocenters. The Morgan fingerprint density at radius 2 is 1.93 bits per heavy atom. The highest BCUT2D eigenvalue weighted by atomic mass is 16.5. The van der Waals surface area contributed by atoms with Crippen LogP contribution in [0.2, 0.25) is 0 Å². The van der Waals surface area contributed by atoms with E-state index in [0.717, 1.165) is 38.1 Å². The Kier molecular flexibility index (Phi) is 7.26. The van der Waals surface area contributed by atoms with Crippen LogP contribution in [0.15, 0.2) is 67.3 Å². The number of hydrogen-bond donors (Lipinski definition) is 1. The number of carbonyl (C=O) groups excluding carboxylic acids is 1. The third-order valence-corrected chi connectivity index (χ3v) is 5.47. The summed E-state index contributed by atoms with van der Waals surface area (Å²) in [7, 11) is 1.66. The van der Waals surface area contributed by atoms with Crippen molar-refractivity contribution >= 4 is 5.91 Å². The molecule has 148 valence electrons. The van der Waals surface area contributed by atoms with Gasteiger partial charge in [-0.3, -0.25) is 9.69 Å². The second-order valence-corrected chi connectivity index (χ2v) is 7.33. The first-order valence-corrected chi connectivity index (χ1v) is 10.0. The van der Waals surface area contributed by atoms with Gasteiger partial charge in [-0.05, 0) is 42.5 Å². The van der Waals surface area contributed by atoms with Gasteiger partial charge in [0, 0.05) is 25.7 Å². The van der Waals surface area contributed by atoms with Gasteiger partial charge in [-0.1, -0.05) is 48.5 Å². The quantitative estimate of drug-likeness (QED) is 0.706. The van der Waals surface area contributed by atoms with Gasteiger partial charge in [-0.25, -0.2) is 0 Å². The zero-order chi connectivity index (χ0) is 19.8. The van der Waals surface area contributed by atoms with E-state index in [1.165, 1.54) is 11.1 Å². The lowest BCUT2D eigenvalue weighted by Crippen LogP contribution is -2.44. The highest BCUT2D eigenvalue weighted by Gasteiger charge is 2.31. The first-order chi connectivity index (χ1) is 13.7. The summed E-state index contributed by atoms with van der Waals surface area (Å²) >= 11 is 0. The maximum absolute atomic E-state index is 12.7. The second-order valence-electron chi connectivity index (χ2n) is 7.33. The Labute approximate surface area is 168 Å². The van der Waals surface area contributed by atoms with E-state index in [-0.39, 0.29) is 11.8 Å². The van der Waals surface area contributed by atoms with Gasteiger partial charge < -0.3 is 10.1 Å². The minimum Gasteiger partial charge on any atom is -0.497 e. The van der Waals surface area contributed by atoms with Crippen LogP contribution in [0.5, 0.6) is 5.75 Å². The fourth-order valence-corrected chi connectivity index (χ4v) is 3.94. The maximum Gasteiger partial charge on any atom is 0.224 e. The summed E-state index contributed by atoms with van der Waals surface area (Å²) in [5.41, 5.74) is 2.52. The van der Waals surface area contributed by atoms with Crippen molar-refractivity contribution in [2.24, 2.45) is 5.92 Å². The van der Waals surface area contributed by atoms with Gasteiger partial charge in [0.25, 0.3) is 0 Å². The zero-order valence-electron chi connectivity index (χ0n) is 16.6. The van der Waals surface area contributed by atoms with Gasteiger partial charge in [0.1, 0.15) is 5.75 Å². The van der Waals surface area contributed by atoms with Crippen molar-refractivity contribution in [3.8, 4) is 5.75 Å². The smallest absolute Gasteiger partial charge is 0.224 e. The standard InChI is InChI=1S/C24H30N2O2/c1-3-17-26-18-21(11-14-23(26)20-7-5-4-6-8-20)24(27)25-16-15-19-9-12-22(28-2)13-10-19/h3-10,12-13,21,23H,1,11,14-18H2,2H3,(H,25,27). The van der Waals surface area contributed by atoms with Gasteiger partial charge in [0.05, 0.1) is 13.0 Å². The summed E-state index contributed by atoms with van der Waals surface area (Å²) in [6.45, 7) is 6.13. The number of carbonyl (C=O) groups is 1. The fraction of sp³-hybridized carbons (Fsp3) is 0.375. The van der Waals surface area contributed by atoms with Gasteiger partial charge >= 0.3 is 0 Å². The van der Waals surface area contributed by atoms with Gasteiger partial charge in [-0.2, -0.15) is 0 Å². The van der Waals surface area contributed by atoms with Crippen molar-refractivity contribution in [2.75, 3.05) is 26.7 Å². The minimum absolute atomic E-state index is 0.0378. The number of likely N-dealkylation sites (tertiary alicyclic amines) is 1. The van der Waals surface area contributed by atoms with E-state index >= 15 is 0 Å². The maximum atomic E-state index is 12.7. The monoisotopic (exact) mass is 378 g/mol. The van der Waals surface area contributed by atoms with Crippen molar-refractivity contribution in [3.63, 3.8) is 0 Å². The number of hydrogen-bond acceptors (Lipinski definition) is 3. The number of piperidine rings is 1. The van der Waals surface area contributed by atoms with Crippen molar-refractivity contribution in [1.82, 2.24) is 10.2 Å². The van der Waals surface area contributed by atoms with E-state index in [1.54, 1.807) is 7.11 Å². The number of benzene rings is 2. The van der Waals surface area contributed by atoms with Crippen LogP contribution in [0.3, 0.4) is 0 Å². The molecule has 3 rings (SSSR count). The predicted octanol–water partition coefficient (Wildman–Crippen LogP) is 3.99. The van der Waals surface area contributed by atoms with Crippen LogP contribution >= 0.6 is 0 Å². The number of nitrogens with one attached hydrogen (secondary N) is 1. The molecule has 1 N–H and O–H groups in total. The fourth-order valence-electron chi connectivity index (χ4n) is 3.94. The molecule has 4 nitrogen and oxygen atoms in total. The molecule has 1 fully saturated rings. The van der Waals surface area contributed by atoms with Crippen LogP contribution in [-0.4, -0.2) is 37.6 Å². The van der Waals surface area contributed by atoms with Crippen LogP contribution in [0.4, 0.5) is 0 Å². The van der Waals surface area contributed by atoms with Crippen LogP contribution in [-0.2, 0) is 11.2 Å². The summed E-state index contributed by atoms with van der Waals surface area (Å²) in [5, 5.41) is 3.12. The Hall–Kier alpha value is -2.59. The number of ether oxygens (including phenoxy) is 1. The van der Waals surface area contributed by atoms with Gasteiger partial charge in [0.2, 0.25) is 5.91 Å². The lowest BCUT2D eigenvalue weighted by Gasteiger charge is -2.39. The molecular formula is C24H30N2O2. The molecule has 0 aromatic heterocycles. The molecule has 2 unspecified atom stereocenters. The van der Waals surface area contributed by atoms with Gasteiger partial charge in [0.15, 0.2) is 0 Å². The molecule has 28 heavy (non-hydrogen) atoms. The normalized spacial score (nSPS) is 19.8. The van der Waals surface area contributed by atoms with E-state index in [4.69, 9.17) is 4.74 Å². The zero-order valence-corrected chi connectivity index (χ0v) is 16.6. The summed E-state index contributed by atoms with van der Waals surface area (Å²) in [4.78, 5) is 15.1. The van der Waals surface area contributed by atoms with E-state index in [0.29, 0.717) is 12.6 Å². The summed E-state index contributed by atoms with van der Waals surface area (Å²) < 4.78 is 5.18. The largest absolute Gasteiger partial charge is 0.497 e. The van der Waals surface area contributed by atoms with E-state index in [2.05, 4.69) is 41.1 Å². The molecule has 0 bridgehead atoms. The Morgan fingerprint density at radius 3 is 2.61 bits per heavy atom. The van der Waals surface area contributed by atoms with Gasteiger partial charge in [-0.15, -0.1) is 6.58 Å². The molecular weight excluding hydrogens is 348 g/mol. The third kappa shape index (κ3) is 5.23. The Balaban J connectivity index is 1.52. The Morgan fingerprint density at radius 1 is 1.18 bits per heavy atom. The van der Waals surface area contributed by atoms with Crippen LogP contribution in [0.25, 0.3) is 0 Å². The lowest BCUT2D eigenvalue weighted by atomic mass is 9.88. The van der Waals surface area contributed by atoms with Crippen molar-refractivity contribution in [1.29, 1.82) is 0 Å². The molecule has 1 saturated heterocycles. The van der Waals surface area contributed by atoms with Crippen molar-refractivity contribution in [3.05, 3.63) is 78.4 Å². The molecule has 1 aliphatic rings. The van der Waals surface area contributed by atoms with Crippen molar-refractivity contribution < 1.29 is 9.53 Å². The SMILES string of the molecule is C=CCN1CC(C(=O)NCCc2ccc(OC)cc2)CCC1c1ccccc1. The van der Waals surface area contributed by atoms with Crippen LogP contribution < -0.4 is 10.1 Å². The molecule has 0 spiro atoms. The molecule has 0 aliphatic carbocycles. The first kappa shape index (κ1) is 20.2. The average molecular weight is 379 g/mol. The van der Waals surface area contributed by atoms with E-state index in [9.17, 15) is 4.79 Å². The van der Waals surface area contributed by atoms with E-state index < -0.39 is 0 Å². The lowest BCUT2D eigenvalue weighted by molar-refractivity contribution is -0.127. The molecule has 1 heterocycles. The van der Waals surface area contributed by atoms with Crippen molar-refractivity contribution in [2.45, 2.75) is 25.3 Å². The summed E-state index contributed by atoms with van der Waals surface area (Å²) in [6, 6.07) is 18.9. The topological polar surface area (TPSA) is 41.6 Å². The molecule has 1 aliphatic heterocycles. The van der Waals surface area contributed by atoms with Crippen LogP contribution in [0, 0.1) is 5.92 Å². The molecule has 4 heteroatoms. The molecule has 2 aromatic rings. The number of nitrogens with zero attached hydrogens (tertiary/aromatic N) is 1. The predicted molar refractivity (Wildman–Crippen MR) is 113 cm³/mol. The number of methoxy groups -OCH3 is 1. The summed E-state index contributed by atoms with van der Waals surface area (Å²) in [6.07, 6.45) is 4.67. The first-order valence-electron chi connectivity index (χ1n) is 10.0. The highest BCUT2D eigenvalue weighted by molar-refractivity contribution is 5.79. The van der Waals surface area contributed by atoms with Crippen LogP contribution in [0.1, 0.15) is 30.0 Å². The summed E-state index contributed by atoms with van der Waals surface area (Å²) in [5.74, 6) is 1.05. The third-order valence-electron chi connectivity index (χ3n) is 5.47. The molecule has 0 radical (unpaired) electrons. The highest BCUT2D eigenvalue weighted by Crippen LogP contribution is 2.33. The second kappa shape index (κ2) is 10.1. The average Bonchev–Trinajstić information content (AvgIpc) is 2.75. The molecule has 0 saturated carbocycles. The van der Waals surface area contributed by atoms with E-state index in [1.807, 2.05) is 36.4 Å².